The zero-order valence-corrected chi connectivity index (χ0v) is 10.7. The summed E-state index contributed by atoms with van der Waals surface area (Å²) in [5.74, 6) is 2.09. The van der Waals surface area contributed by atoms with Gasteiger partial charge in [0, 0.05) is 24.6 Å². The third kappa shape index (κ3) is 2.90. The summed E-state index contributed by atoms with van der Waals surface area (Å²) in [4.78, 5) is 8.08. The lowest BCUT2D eigenvalue weighted by atomic mass is 9.98. The number of nitrogens with one attached hydrogen (secondary N) is 1. The van der Waals surface area contributed by atoms with E-state index in [1.807, 2.05) is 19.1 Å². The molecule has 2 aromatic heterocycles. The number of aryl methyl sites for hydroxylation is 1. The minimum Gasteiger partial charge on any atom is -0.379 e. The molecule has 1 N–H and O–H groups in total. The van der Waals surface area contributed by atoms with Gasteiger partial charge < -0.3 is 14.6 Å². The lowest BCUT2D eigenvalue weighted by Gasteiger charge is -2.18. The first-order chi connectivity index (χ1) is 9.31. The van der Waals surface area contributed by atoms with Crippen LogP contribution in [0.4, 0.5) is 5.82 Å². The lowest BCUT2D eigenvalue weighted by Crippen LogP contribution is -2.29. The maximum atomic E-state index is 5.55. The van der Waals surface area contributed by atoms with Gasteiger partial charge in [-0.2, -0.15) is 0 Å². The quantitative estimate of drug-likeness (QED) is 0.896. The molecule has 2 aromatic rings. The molecule has 0 amide bonds. The third-order valence-electron chi connectivity index (χ3n) is 3.25. The summed E-state index contributed by atoms with van der Waals surface area (Å²) < 4.78 is 10.8. The monoisotopic (exact) mass is 260 g/mol. The molecule has 0 bridgehead atoms. The van der Waals surface area contributed by atoms with Crippen LogP contribution in [-0.4, -0.2) is 34.4 Å². The van der Waals surface area contributed by atoms with E-state index < -0.39 is 0 Å². The van der Waals surface area contributed by atoms with Crippen molar-refractivity contribution in [1.29, 1.82) is 0 Å². The van der Waals surface area contributed by atoms with Crippen molar-refractivity contribution in [2.45, 2.75) is 19.4 Å². The maximum Gasteiger partial charge on any atom is 0.137 e. The van der Waals surface area contributed by atoms with Crippen molar-refractivity contribution in [2.24, 2.45) is 5.92 Å². The van der Waals surface area contributed by atoms with E-state index in [0.29, 0.717) is 12.5 Å². The molecule has 100 valence electrons. The van der Waals surface area contributed by atoms with Gasteiger partial charge in [0.05, 0.1) is 24.9 Å². The number of anilines is 1. The molecule has 0 spiro atoms. The highest BCUT2D eigenvalue weighted by molar-refractivity contribution is 5.33. The fourth-order valence-electron chi connectivity index (χ4n) is 2.30. The Labute approximate surface area is 111 Å². The predicted octanol–water partition coefficient (Wildman–Crippen LogP) is 1.44. The first-order valence-electron chi connectivity index (χ1n) is 6.34. The van der Waals surface area contributed by atoms with Gasteiger partial charge in [0.25, 0.3) is 0 Å². The van der Waals surface area contributed by atoms with Gasteiger partial charge in [-0.05, 0) is 13.0 Å². The molecule has 0 aliphatic carbocycles. The Kier molecular flexibility index (Phi) is 3.41. The Balaban J connectivity index is 1.65. The fourth-order valence-corrected chi connectivity index (χ4v) is 2.30. The molecule has 0 aromatic carbocycles. The molecule has 19 heavy (non-hydrogen) atoms. The van der Waals surface area contributed by atoms with Gasteiger partial charge >= 0.3 is 0 Å². The van der Waals surface area contributed by atoms with Crippen molar-refractivity contribution in [1.82, 2.24) is 15.1 Å². The molecule has 1 saturated heterocycles. The minimum absolute atomic E-state index is 0.236. The van der Waals surface area contributed by atoms with Gasteiger partial charge in [0.2, 0.25) is 0 Å². The predicted molar refractivity (Wildman–Crippen MR) is 68.7 cm³/mol. The van der Waals surface area contributed by atoms with Crippen molar-refractivity contribution in [3.8, 4) is 0 Å². The molecule has 1 aliphatic rings. The van der Waals surface area contributed by atoms with E-state index in [4.69, 9.17) is 9.26 Å². The average molecular weight is 260 g/mol. The summed E-state index contributed by atoms with van der Waals surface area (Å²) in [6, 6.07) is 4.06. The Bertz CT molecular complexity index is 528. The molecular formula is C13H16N4O2. The second-order valence-electron chi connectivity index (χ2n) is 4.78. The molecule has 6 heteroatoms. The van der Waals surface area contributed by atoms with Crippen molar-refractivity contribution >= 4 is 5.82 Å². The molecule has 1 aliphatic heterocycles. The van der Waals surface area contributed by atoms with E-state index in [-0.39, 0.29) is 6.04 Å². The number of aromatic nitrogens is 3. The van der Waals surface area contributed by atoms with Crippen LogP contribution in [0.3, 0.4) is 0 Å². The topological polar surface area (TPSA) is 73.1 Å². The molecule has 3 rings (SSSR count). The molecule has 2 atom stereocenters. The van der Waals surface area contributed by atoms with Gasteiger partial charge in [-0.15, -0.1) is 0 Å². The van der Waals surface area contributed by atoms with Crippen molar-refractivity contribution in [3.63, 3.8) is 0 Å². The molecule has 6 nitrogen and oxygen atoms in total. The van der Waals surface area contributed by atoms with Gasteiger partial charge in [-0.25, -0.2) is 9.97 Å². The first-order valence-corrected chi connectivity index (χ1v) is 6.34. The van der Waals surface area contributed by atoms with Crippen LogP contribution in [0.25, 0.3) is 0 Å². The summed E-state index contributed by atoms with van der Waals surface area (Å²) in [5, 5.41) is 7.29. The number of hydrogen-bond donors (Lipinski definition) is 1. The van der Waals surface area contributed by atoms with Gasteiger partial charge in [-0.3, -0.25) is 0 Å². The number of hydrogen-bond acceptors (Lipinski definition) is 6. The summed E-state index contributed by atoms with van der Waals surface area (Å²) in [5.41, 5.74) is 0.911. The molecule has 3 heterocycles. The zero-order chi connectivity index (χ0) is 13.1. The molecule has 0 radical (unpaired) electrons. The normalized spacial score (nSPS) is 22.6. The van der Waals surface area contributed by atoms with Gasteiger partial charge in [0.15, 0.2) is 0 Å². The van der Waals surface area contributed by atoms with E-state index in [1.54, 1.807) is 6.20 Å². The Morgan fingerprint density at radius 1 is 1.42 bits per heavy atom. The van der Waals surface area contributed by atoms with Crippen LogP contribution in [0.15, 0.2) is 29.2 Å². The van der Waals surface area contributed by atoms with Crippen molar-refractivity contribution in [3.05, 3.63) is 36.1 Å². The second-order valence-corrected chi connectivity index (χ2v) is 4.78. The van der Waals surface area contributed by atoms with Crippen molar-refractivity contribution in [2.75, 3.05) is 18.5 Å². The van der Waals surface area contributed by atoms with Crippen LogP contribution < -0.4 is 5.32 Å². The maximum absolute atomic E-state index is 5.55. The third-order valence-corrected chi connectivity index (χ3v) is 3.25. The van der Waals surface area contributed by atoms with Crippen LogP contribution in [0, 0.1) is 12.8 Å². The number of nitrogens with zero attached hydrogens (tertiary/aromatic N) is 3. The molecule has 0 saturated carbocycles. The van der Waals surface area contributed by atoms with Crippen LogP contribution >= 0.6 is 0 Å². The number of ether oxygens (including phenoxy) is 1. The highest BCUT2D eigenvalue weighted by Gasteiger charge is 2.29. The highest BCUT2D eigenvalue weighted by Crippen LogP contribution is 2.22. The van der Waals surface area contributed by atoms with E-state index >= 15 is 0 Å². The Morgan fingerprint density at radius 2 is 2.37 bits per heavy atom. The number of rotatable bonds is 4. The molecule has 1 fully saturated rings. The van der Waals surface area contributed by atoms with Gasteiger partial charge in [-0.1, -0.05) is 5.16 Å². The fraction of sp³-hybridized carbons (Fsp3) is 0.462. The largest absolute Gasteiger partial charge is 0.379 e. The van der Waals surface area contributed by atoms with Gasteiger partial charge in [0.1, 0.15) is 17.9 Å². The zero-order valence-electron chi connectivity index (χ0n) is 10.7. The highest BCUT2D eigenvalue weighted by atomic mass is 16.5. The van der Waals surface area contributed by atoms with Crippen molar-refractivity contribution < 1.29 is 9.26 Å². The minimum atomic E-state index is 0.236. The second kappa shape index (κ2) is 5.36. The molecule has 0 unspecified atom stereocenters. The van der Waals surface area contributed by atoms with Crippen LogP contribution in [0.1, 0.15) is 11.5 Å². The SMILES string of the molecule is Cc1cc(C[C@@H]2COC[C@@H]2Nc2ccncn2)on1. The lowest BCUT2D eigenvalue weighted by molar-refractivity contribution is 0.183. The van der Waals surface area contributed by atoms with Crippen LogP contribution in [0.2, 0.25) is 0 Å². The van der Waals surface area contributed by atoms with E-state index in [2.05, 4.69) is 20.4 Å². The molecular weight excluding hydrogens is 244 g/mol. The first kappa shape index (κ1) is 12.1. The Hall–Kier alpha value is -1.95. The average Bonchev–Trinajstić information content (AvgIpc) is 3.01. The van der Waals surface area contributed by atoms with Crippen LogP contribution in [-0.2, 0) is 11.2 Å². The summed E-state index contributed by atoms with van der Waals surface area (Å²) in [6.07, 6.45) is 4.08. The van der Waals surface area contributed by atoms with E-state index in [9.17, 15) is 0 Å². The Morgan fingerprint density at radius 3 is 3.11 bits per heavy atom. The summed E-state index contributed by atoms with van der Waals surface area (Å²) >= 11 is 0. The van der Waals surface area contributed by atoms with E-state index in [0.717, 1.165) is 30.3 Å². The van der Waals surface area contributed by atoms with E-state index in [1.165, 1.54) is 6.33 Å². The standard InChI is InChI=1S/C13H16N4O2/c1-9-4-11(19-17-9)5-10-6-18-7-12(10)16-13-2-3-14-8-15-13/h2-4,8,10,12H,5-7H2,1H3,(H,14,15,16)/t10-,12+/m1/s1. The smallest absolute Gasteiger partial charge is 0.137 e. The summed E-state index contributed by atoms with van der Waals surface area (Å²) in [7, 11) is 0. The van der Waals surface area contributed by atoms with Crippen LogP contribution in [0.5, 0.6) is 0 Å². The summed E-state index contributed by atoms with van der Waals surface area (Å²) in [6.45, 7) is 3.33.